The molecule has 0 aliphatic rings. The molecule has 1 aromatic heterocycles. The van der Waals surface area contributed by atoms with Gasteiger partial charge >= 0.3 is 0 Å². The molecule has 0 saturated carbocycles. The molecular formula is C14H16N2O2. The molecule has 0 saturated heterocycles. The van der Waals surface area contributed by atoms with Crippen LogP contribution in [0.2, 0.25) is 0 Å². The summed E-state index contributed by atoms with van der Waals surface area (Å²) >= 11 is 0. The van der Waals surface area contributed by atoms with Gasteiger partial charge in [-0.3, -0.25) is 9.48 Å². The van der Waals surface area contributed by atoms with Crippen LogP contribution < -0.4 is 4.74 Å². The Hall–Kier alpha value is -2.10. The molecule has 0 aliphatic carbocycles. The van der Waals surface area contributed by atoms with Crippen molar-refractivity contribution in [3.05, 3.63) is 35.5 Å². The van der Waals surface area contributed by atoms with Gasteiger partial charge in [-0.1, -0.05) is 0 Å². The minimum atomic E-state index is 0.612. The second kappa shape index (κ2) is 5.04. The largest absolute Gasteiger partial charge is 0.496 e. The van der Waals surface area contributed by atoms with Crippen LogP contribution >= 0.6 is 0 Å². The molecule has 2 rings (SSSR count). The van der Waals surface area contributed by atoms with Crippen LogP contribution in [0.3, 0.4) is 0 Å². The minimum absolute atomic E-state index is 0.612. The molecule has 0 bridgehead atoms. The highest BCUT2D eigenvalue weighted by Gasteiger charge is 2.11. The van der Waals surface area contributed by atoms with Gasteiger partial charge in [0.2, 0.25) is 0 Å². The number of aromatic nitrogens is 2. The van der Waals surface area contributed by atoms with E-state index < -0.39 is 0 Å². The summed E-state index contributed by atoms with van der Waals surface area (Å²) in [4.78, 5) is 11.1. The third-order valence-electron chi connectivity index (χ3n) is 2.91. The predicted octanol–water partition coefficient (Wildman–Crippen LogP) is 2.70. The highest BCUT2D eigenvalue weighted by molar-refractivity contribution is 5.85. The summed E-state index contributed by atoms with van der Waals surface area (Å²) in [6, 6.07) is 5.79. The Labute approximate surface area is 106 Å². The summed E-state index contributed by atoms with van der Waals surface area (Å²) in [5, 5.41) is 4.41. The van der Waals surface area contributed by atoms with Crippen LogP contribution in [0.4, 0.5) is 0 Å². The van der Waals surface area contributed by atoms with Crippen LogP contribution in [0.25, 0.3) is 11.3 Å². The molecule has 2 aromatic rings. The Balaban J connectivity index is 2.50. The second-order valence-electron chi connectivity index (χ2n) is 4.09. The predicted molar refractivity (Wildman–Crippen MR) is 70.0 cm³/mol. The zero-order valence-electron chi connectivity index (χ0n) is 10.8. The summed E-state index contributed by atoms with van der Waals surface area (Å²) in [6.07, 6.45) is 2.61. The summed E-state index contributed by atoms with van der Waals surface area (Å²) < 4.78 is 6.99. The van der Waals surface area contributed by atoms with Gasteiger partial charge in [0, 0.05) is 18.3 Å². The van der Waals surface area contributed by atoms with Crippen molar-refractivity contribution in [2.24, 2.45) is 0 Å². The maximum atomic E-state index is 11.1. The smallest absolute Gasteiger partial charge is 0.153 e. The van der Waals surface area contributed by atoms with Gasteiger partial charge in [-0.05, 0) is 37.6 Å². The van der Waals surface area contributed by atoms with Gasteiger partial charge in [-0.2, -0.15) is 5.10 Å². The number of rotatable bonds is 4. The number of benzene rings is 1. The first-order valence-corrected chi connectivity index (χ1v) is 5.87. The average molecular weight is 244 g/mol. The lowest BCUT2D eigenvalue weighted by atomic mass is 10.1. The molecule has 0 radical (unpaired) electrons. The van der Waals surface area contributed by atoms with Crippen LogP contribution in [0.5, 0.6) is 5.75 Å². The maximum absolute atomic E-state index is 11.1. The van der Waals surface area contributed by atoms with Crippen molar-refractivity contribution in [2.45, 2.75) is 20.4 Å². The van der Waals surface area contributed by atoms with Gasteiger partial charge in [0.1, 0.15) is 11.4 Å². The molecule has 4 nitrogen and oxygen atoms in total. The number of carbonyl (C=O) groups is 1. The minimum Gasteiger partial charge on any atom is -0.496 e. The number of carbonyl (C=O) groups excluding carboxylic acids is 1. The lowest BCUT2D eigenvalue weighted by Gasteiger charge is -2.06. The van der Waals surface area contributed by atoms with Crippen molar-refractivity contribution in [1.29, 1.82) is 0 Å². The van der Waals surface area contributed by atoms with Crippen LogP contribution in [0.15, 0.2) is 24.4 Å². The zero-order chi connectivity index (χ0) is 13.1. The monoisotopic (exact) mass is 244 g/mol. The number of aldehydes is 1. The van der Waals surface area contributed by atoms with E-state index in [0.29, 0.717) is 5.56 Å². The highest BCUT2D eigenvalue weighted by atomic mass is 16.5. The third-order valence-corrected chi connectivity index (χ3v) is 2.91. The Morgan fingerprint density at radius 3 is 2.78 bits per heavy atom. The molecule has 94 valence electrons. The SMILES string of the molecule is CCn1cc(C=O)c(-c2ccc(OC)c(C)c2)n1. The summed E-state index contributed by atoms with van der Waals surface area (Å²) in [5.41, 5.74) is 3.29. The Kier molecular flexibility index (Phi) is 3.46. The Morgan fingerprint density at radius 2 is 2.22 bits per heavy atom. The Bertz CT molecular complexity index is 573. The molecule has 0 unspecified atom stereocenters. The van der Waals surface area contributed by atoms with Crippen molar-refractivity contribution < 1.29 is 9.53 Å². The Morgan fingerprint density at radius 1 is 1.44 bits per heavy atom. The van der Waals surface area contributed by atoms with Gasteiger partial charge < -0.3 is 4.74 Å². The average Bonchev–Trinajstić information content (AvgIpc) is 2.82. The molecule has 1 heterocycles. The van der Waals surface area contributed by atoms with E-state index in [2.05, 4.69) is 5.10 Å². The highest BCUT2D eigenvalue weighted by Crippen LogP contribution is 2.26. The fourth-order valence-corrected chi connectivity index (χ4v) is 1.94. The molecule has 1 aromatic carbocycles. The molecule has 0 aliphatic heterocycles. The van der Waals surface area contributed by atoms with E-state index in [4.69, 9.17) is 4.74 Å². The number of hydrogen-bond acceptors (Lipinski definition) is 3. The van der Waals surface area contributed by atoms with E-state index >= 15 is 0 Å². The van der Waals surface area contributed by atoms with Gasteiger partial charge in [-0.25, -0.2) is 0 Å². The summed E-state index contributed by atoms with van der Waals surface area (Å²) in [6.45, 7) is 4.71. The normalized spacial score (nSPS) is 10.4. The molecule has 0 fully saturated rings. The van der Waals surface area contributed by atoms with Gasteiger partial charge in [-0.15, -0.1) is 0 Å². The van der Waals surface area contributed by atoms with Crippen molar-refractivity contribution in [3.8, 4) is 17.0 Å². The summed E-state index contributed by atoms with van der Waals surface area (Å²) in [7, 11) is 1.64. The third kappa shape index (κ3) is 2.14. The van der Waals surface area contributed by atoms with Crippen LogP contribution in [-0.2, 0) is 6.54 Å². The maximum Gasteiger partial charge on any atom is 0.153 e. The fraction of sp³-hybridized carbons (Fsp3) is 0.286. The van der Waals surface area contributed by atoms with E-state index in [1.165, 1.54) is 0 Å². The number of methoxy groups -OCH3 is 1. The number of nitrogens with zero attached hydrogens (tertiary/aromatic N) is 2. The number of aryl methyl sites for hydroxylation is 2. The first-order chi connectivity index (χ1) is 8.69. The molecule has 4 heteroatoms. The molecular weight excluding hydrogens is 228 g/mol. The van der Waals surface area contributed by atoms with Crippen LogP contribution in [0, 0.1) is 6.92 Å². The standard InChI is InChI=1S/C14H16N2O2/c1-4-16-8-12(9-17)14(15-16)11-5-6-13(18-3)10(2)7-11/h5-9H,4H2,1-3H3. The van der Waals surface area contributed by atoms with E-state index in [1.807, 2.05) is 32.0 Å². The molecule has 0 spiro atoms. The number of ether oxygens (including phenoxy) is 1. The van der Waals surface area contributed by atoms with Crippen molar-refractivity contribution in [2.75, 3.05) is 7.11 Å². The van der Waals surface area contributed by atoms with Crippen molar-refractivity contribution in [3.63, 3.8) is 0 Å². The van der Waals surface area contributed by atoms with Crippen LogP contribution in [-0.4, -0.2) is 23.2 Å². The molecule has 0 atom stereocenters. The van der Waals surface area contributed by atoms with Gasteiger partial charge in [0.25, 0.3) is 0 Å². The molecule has 0 amide bonds. The van der Waals surface area contributed by atoms with Gasteiger partial charge in [0.05, 0.1) is 12.7 Å². The van der Waals surface area contributed by atoms with Gasteiger partial charge in [0.15, 0.2) is 6.29 Å². The summed E-state index contributed by atoms with van der Waals surface area (Å²) in [5.74, 6) is 0.835. The molecule has 18 heavy (non-hydrogen) atoms. The lowest BCUT2D eigenvalue weighted by Crippen LogP contribution is -1.94. The van der Waals surface area contributed by atoms with Crippen molar-refractivity contribution >= 4 is 6.29 Å². The number of hydrogen-bond donors (Lipinski definition) is 0. The fourth-order valence-electron chi connectivity index (χ4n) is 1.94. The van der Waals surface area contributed by atoms with E-state index in [-0.39, 0.29) is 0 Å². The van der Waals surface area contributed by atoms with E-state index in [1.54, 1.807) is 18.0 Å². The topological polar surface area (TPSA) is 44.1 Å². The van der Waals surface area contributed by atoms with Crippen molar-refractivity contribution in [1.82, 2.24) is 9.78 Å². The zero-order valence-corrected chi connectivity index (χ0v) is 10.8. The molecule has 0 N–H and O–H groups in total. The first kappa shape index (κ1) is 12.4. The van der Waals surface area contributed by atoms with E-state index in [0.717, 1.165) is 35.4 Å². The lowest BCUT2D eigenvalue weighted by molar-refractivity contribution is 0.112. The quantitative estimate of drug-likeness (QED) is 0.777. The van der Waals surface area contributed by atoms with Crippen LogP contribution in [0.1, 0.15) is 22.8 Å². The second-order valence-corrected chi connectivity index (χ2v) is 4.09. The van der Waals surface area contributed by atoms with E-state index in [9.17, 15) is 4.79 Å². The first-order valence-electron chi connectivity index (χ1n) is 5.87.